The molecular formula is C25H25N5OS. The summed E-state index contributed by atoms with van der Waals surface area (Å²) in [5.74, 6) is 0.813. The number of rotatable bonds is 6. The van der Waals surface area contributed by atoms with Crippen molar-refractivity contribution in [3.05, 3.63) is 84.7 Å². The molecule has 0 spiro atoms. The first-order chi connectivity index (χ1) is 15.4. The number of aromatic nitrogens is 4. The first-order valence-electron chi connectivity index (χ1n) is 10.4. The second-order valence-electron chi connectivity index (χ2n) is 8.38. The van der Waals surface area contributed by atoms with Gasteiger partial charge in [0, 0.05) is 29.3 Å². The van der Waals surface area contributed by atoms with E-state index in [0.29, 0.717) is 11.0 Å². The van der Waals surface area contributed by atoms with E-state index in [-0.39, 0.29) is 17.1 Å². The molecule has 0 saturated heterocycles. The fraction of sp³-hybridized carbons (Fsp3) is 0.200. The van der Waals surface area contributed by atoms with E-state index in [1.54, 1.807) is 12.4 Å². The number of thioether (sulfide) groups is 1. The molecule has 4 aromatic rings. The maximum atomic E-state index is 12.6. The van der Waals surface area contributed by atoms with Gasteiger partial charge < -0.3 is 5.32 Å². The van der Waals surface area contributed by atoms with E-state index in [4.69, 9.17) is 0 Å². The summed E-state index contributed by atoms with van der Waals surface area (Å²) in [4.78, 5) is 16.8. The molecule has 0 atom stereocenters. The first kappa shape index (κ1) is 21.8. The van der Waals surface area contributed by atoms with Crippen LogP contribution in [-0.2, 0) is 10.2 Å². The number of para-hydroxylation sites is 1. The van der Waals surface area contributed by atoms with Crippen molar-refractivity contribution in [1.82, 2.24) is 19.7 Å². The molecule has 0 aliphatic heterocycles. The zero-order valence-electron chi connectivity index (χ0n) is 18.3. The molecule has 2 aromatic carbocycles. The maximum absolute atomic E-state index is 12.6. The van der Waals surface area contributed by atoms with Crippen molar-refractivity contribution in [3.8, 4) is 17.1 Å². The summed E-state index contributed by atoms with van der Waals surface area (Å²) >= 11 is 1.35. The van der Waals surface area contributed by atoms with Crippen molar-refractivity contribution >= 4 is 23.4 Å². The lowest BCUT2D eigenvalue weighted by Gasteiger charge is -2.19. The Bertz CT molecular complexity index is 1180. The van der Waals surface area contributed by atoms with E-state index in [2.05, 4.69) is 53.4 Å². The van der Waals surface area contributed by atoms with Crippen LogP contribution in [0, 0.1) is 0 Å². The average Bonchev–Trinajstić information content (AvgIpc) is 3.23. The Kier molecular flexibility index (Phi) is 6.37. The first-order valence-corrected chi connectivity index (χ1v) is 11.3. The number of anilines is 1. The number of benzene rings is 2. The standard InChI is InChI=1S/C25H25N5OS/c1-25(2,3)19-11-13-20(14-12-19)27-22(31)17-32-24-29-28-23(18-8-7-15-26-16-18)30(24)21-9-5-4-6-10-21/h4-16H,17H2,1-3H3,(H,27,31). The number of amides is 1. The van der Waals surface area contributed by atoms with Gasteiger partial charge in [-0.3, -0.25) is 14.3 Å². The normalized spacial score (nSPS) is 11.3. The molecule has 0 aliphatic carbocycles. The number of hydrogen-bond donors (Lipinski definition) is 1. The smallest absolute Gasteiger partial charge is 0.234 e. The van der Waals surface area contributed by atoms with Crippen LogP contribution in [0.2, 0.25) is 0 Å². The van der Waals surface area contributed by atoms with E-state index in [9.17, 15) is 4.79 Å². The predicted molar refractivity (Wildman–Crippen MR) is 129 cm³/mol. The number of nitrogens with zero attached hydrogens (tertiary/aromatic N) is 4. The lowest BCUT2D eigenvalue weighted by molar-refractivity contribution is -0.113. The summed E-state index contributed by atoms with van der Waals surface area (Å²) in [5.41, 5.74) is 3.87. The largest absolute Gasteiger partial charge is 0.325 e. The van der Waals surface area contributed by atoms with Crippen LogP contribution in [0.3, 0.4) is 0 Å². The molecule has 0 bridgehead atoms. The molecule has 0 fully saturated rings. The highest BCUT2D eigenvalue weighted by Gasteiger charge is 2.18. The lowest BCUT2D eigenvalue weighted by atomic mass is 9.87. The molecule has 2 aromatic heterocycles. The average molecular weight is 444 g/mol. The van der Waals surface area contributed by atoms with Gasteiger partial charge in [0.15, 0.2) is 11.0 Å². The number of carbonyl (C=O) groups excluding carboxylic acids is 1. The van der Waals surface area contributed by atoms with Crippen molar-refractivity contribution in [1.29, 1.82) is 0 Å². The van der Waals surface area contributed by atoms with Gasteiger partial charge in [-0.2, -0.15) is 0 Å². The second kappa shape index (κ2) is 9.36. The van der Waals surface area contributed by atoms with E-state index < -0.39 is 0 Å². The minimum Gasteiger partial charge on any atom is -0.325 e. The lowest BCUT2D eigenvalue weighted by Crippen LogP contribution is -2.15. The molecular weight excluding hydrogens is 418 g/mol. The van der Waals surface area contributed by atoms with Crippen LogP contribution in [0.1, 0.15) is 26.3 Å². The molecule has 0 aliphatic rings. The molecule has 1 amide bonds. The summed E-state index contributed by atoms with van der Waals surface area (Å²) in [5, 5.41) is 12.3. The van der Waals surface area contributed by atoms with Crippen LogP contribution in [0.25, 0.3) is 17.1 Å². The zero-order chi connectivity index (χ0) is 22.6. The zero-order valence-corrected chi connectivity index (χ0v) is 19.1. The summed E-state index contributed by atoms with van der Waals surface area (Å²) in [6, 6.07) is 21.7. The molecule has 1 N–H and O–H groups in total. The molecule has 162 valence electrons. The Hall–Kier alpha value is -3.45. The Morgan fingerprint density at radius 2 is 1.72 bits per heavy atom. The van der Waals surface area contributed by atoms with Crippen molar-refractivity contribution in [2.24, 2.45) is 0 Å². The van der Waals surface area contributed by atoms with E-state index in [1.165, 1.54) is 17.3 Å². The molecule has 0 unspecified atom stereocenters. The molecule has 0 radical (unpaired) electrons. The van der Waals surface area contributed by atoms with E-state index in [0.717, 1.165) is 16.9 Å². The molecule has 32 heavy (non-hydrogen) atoms. The quantitative estimate of drug-likeness (QED) is 0.406. The molecule has 6 nitrogen and oxygen atoms in total. The SMILES string of the molecule is CC(C)(C)c1ccc(NC(=O)CSc2nnc(-c3cccnc3)n2-c2ccccc2)cc1. The van der Waals surface area contributed by atoms with Crippen LogP contribution < -0.4 is 5.32 Å². The van der Waals surface area contributed by atoms with Gasteiger partial charge in [-0.05, 0) is 47.4 Å². The van der Waals surface area contributed by atoms with Crippen LogP contribution in [0.5, 0.6) is 0 Å². The van der Waals surface area contributed by atoms with Gasteiger partial charge in [0.1, 0.15) is 0 Å². The highest BCUT2D eigenvalue weighted by atomic mass is 32.2. The highest BCUT2D eigenvalue weighted by molar-refractivity contribution is 7.99. The Balaban J connectivity index is 1.51. The number of pyridine rings is 1. The van der Waals surface area contributed by atoms with Gasteiger partial charge >= 0.3 is 0 Å². The van der Waals surface area contributed by atoms with Crippen LogP contribution in [0.4, 0.5) is 5.69 Å². The third-order valence-corrected chi connectivity index (χ3v) is 5.86. The fourth-order valence-electron chi connectivity index (χ4n) is 3.24. The van der Waals surface area contributed by atoms with Gasteiger partial charge in [-0.25, -0.2) is 0 Å². The van der Waals surface area contributed by atoms with Gasteiger partial charge in [0.2, 0.25) is 5.91 Å². The molecule has 0 saturated carbocycles. The van der Waals surface area contributed by atoms with Crippen molar-refractivity contribution in [3.63, 3.8) is 0 Å². The van der Waals surface area contributed by atoms with Crippen molar-refractivity contribution in [2.45, 2.75) is 31.3 Å². The molecule has 2 heterocycles. The summed E-state index contributed by atoms with van der Waals surface area (Å²) < 4.78 is 1.95. The van der Waals surface area contributed by atoms with Crippen LogP contribution in [-0.4, -0.2) is 31.4 Å². The van der Waals surface area contributed by atoms with E-state index >= 15 is 0 Å². The van der Waals surface area contributed by atoms with Gasteiger partial charge in [0.05, 0.1) is 5.75 Å². The number of hydrogen-bond acceptors (Lipinski definition) is 5. The van der Waals surface area contributed by atoms with Crippen LogP contribution >= 0.6 is 11.8 Å². The second-order valence-corrected chi connectivity index (χ2v) is 9.33. The topological polar surface area (TPSA) is 72.7 Å². The number of nitrogens with one attached hydrogen (secondary N) is 1. The molecule has 7 heteroatoms. The van der Waals surface area contributed by atoms with Crippen LogP contribution in [0.15, 0.2) is 84.3 Å². The third-order valence-electron chi connectivity index (χ3n) is 4.93. The fourth-order valence-corrected chi connectivity index (χ4v) is 3.99. The van der Waals surface area contributed by atoms with Gasteiger partial charge in [-0.15, -0.1) is 10.2 Å². The van der Waals surface area contributed by atoms with Crippen molar-refractivity contribution in [2.75, 3.05) is 11.1 Å². The van der Waals surface area contributed by atoms with E-state index in [1.807, 2.05) is 59.2 Å². The summed E-state index contributed by atoms with van der Waals surface area (Å²) in [7, 11) is 0. The minimum absolute atomic E-state index is 0.0753. The molecule has 4 rings (SSSR count). The summed E-state index contributed by atoms with van der Waals surface area (Å²) in [6.07, 6.45) is 3.48. The number of carbonyl (C=O) groups is 1. The maximum Gasteiger partial charge on any atom is 0.234 e. The Morgan fingerprint density at radius 1 is 0.969 bits per heavy atom. The monoisotopic (exact) mass is 443 g/mol. The minimum atomic E-state index is -0.0935. The van der Waals surface area contributed by atoms with Gasteiger partial charge in [0.25, 0.3) is 0 Å². The Labute approximate surface area is 192 Å². The third kappa shape index (κ3) is 5.06. The van der Waals surface area contributed by atoms with Gasteiger partial charge in [-0.1, -0.05) is 62.9 Å². The van der Waals surface area contributed by atoms with Crippen molar-refractivity contribution < 1.29 is 4.79 Å². The predicted octanol–water partition coefficient (Wildman–Crippen LogP) is 5.36. The highest BCUT2D eigenvalue weighted by Crippen LogP contribution is 2.28. The Morgan fingerprint density at radius 3 is 2.38 bits per heavy atom. The summed E-state index contributed by atoms with van der Waals surface area (Å²) in [6.45, 7) is 6.50.